The maximum Gasteiger partial charge on any atom is 0.265 e. The van der Waals surface area contributed by atoms with Crippen LogP contribution in [-0.2, 0) is 4.79 Å². The minimum atomic E-state index is -0.947. The topological polar surface area (TPSA) is 58.2 Å². The van der Waals surface area contributed by atoms with E-state index in [1.807, 2.05) is 0 Å². The molecule has 0 aliphatic heterocycles. The number of carbonyl (C=O) groups is 2. The van der Waals surface area contributed by atoms with Crippen LogP contribution >= 0.6 is 22.9 Å². The summed E-state index contributed by atoms with van der Waals surface area (Å²) in [5, 5.41) is 4.51. The van der Waals surface area contributed by atoms with Crippen LogP contribution < -0.4 is 10.6 Å². The first-order valence-electron chi connectivity index (χ1n) is 5.70. The first-order chi connectivity index (χ1) is 9.86. The Morgan fingerprint density at radius 2 is 1.71 bits per heavy atom. The zero-order chi connectivity index (χ0) is 15.6. The van der Waals surface area contributed by atoms with Gasteiger partial charge in [-0.05, 0) is 18.2 Å². The molecule has 4 nitrogen and oxygen atoms in total. The SMILES string of the molecule is CC(=O)Nc1cc(NC(=O)c2ccc(Cl)s2)c(F)cc1F. The van der Waals surface area contributed by atoms with Gasteiger partial charge in [0.05, 0.1) is 20.6 Å². The first kappa shape index (κ1) is 15.4. The number of rotatable bonds is 3. The molecule has 0 bridgehead atoms. The third-order valence-corrected chi connectivity index (χ3v) is 3.64. The predicted octanol–water partition coefficient (Wildman–Crippen LogP) is 3.89. The molecule has 0 fully saturated rings. The van der Waals surface area contributed by atoms with Gasteiger partial charge in [-0.1, -0.05) is 11.6 Å². The Hall–Kier alpha value is -1.99. The lowest BCUT2D eigenvalue weighted by Crippen LogP contribution is -2.13. The maximum atomic E-state index is 13.7. The number of benzene rings is 1. The van der Waals surface area contributed by atoms with Crippen LogP contribution in [-0.4, -0.2) is 11.8 Å². The summed E-state index contributed by atoms with van der Waals surface area (Å²) in [5.74, 6) is -2.97. The number of nitrogens with one attached hydrogen (secondary N) is 2. The molecule has 110 valence electrons. The molecule has 21 heavy (non-hydrogen) atoms. The molecule has 8 heteroatoms. The van der Waals surface area contributed by atoms with E-state index in [9.17, 15) is 18.4 Å². The van der Waals surface area contributed by atoms with E-state index in [1.54, 1.807) is 0 Å². The molecule has 1 aromatic heterocycles. The number of anilines is 2. The van der Waals surface area contributed by atoms with Crippen LogP contribution in [0.1, 0.15) is 16.6 Å². The fraction of sp³-hybridized carbons (Fsp3) is 0.0769. The molecule has 1 aromatic carbocycles. The second-order valence-electron chi connectivity index (χ2n) is 4.05. The number of hydrogen-bond donors (Lipinski definition) is 2. The normalized spacial score (nSPS) is 10.3. The van der Waals surface area contributed by atoms with Crippen molar-refractivity contribution in [2.75, 3.05) is 10.6 Å². The van der Waals surface area contributed by atoms with Crippen molar-refractivity contribution in [3.05, 3.63) is 45.1 Å². The lowest BCUT2D eigenvalue weighted by molar-refractivity contribution is -0.114. The quantitative estimate of drug-likeness (QED) is 0.897. The van der Waals surface area contributed by atoms with Gasteiger partial charge in [-0.2, -0.15) is 0 Å². The number of carbonyl (C=O) groups excluding carboxylic acids is 2. The van der Waals surface area contributed by atoms with E-state index >= 15 is 0 Å². The molecule has 2 rings (SSSR count). The van der Waals surface area contributed by atoms with Gasteiger partial charge < -0.3 is 10.6 Å². The highest BCUT2D eigenvalue weighted by Crippen LogP contribution is 2.26. The molecule has 0 saturated heterocycles. The summed E-state index contributed by atoms with van der Waals surface area (Å²) in [4.78, 5) is 23.1. The zero-order valence-corrected chi connectivity index (χ0v) is 12.2. The predicted molar refractivity (Wildman–Crippen MR) is 77.9 cm³/mol. The van der Waals surface area contributed by atoms with E-state index < -0.39 is 23.4 Å². The molecule has 0 spiro atoms. The van der Waals surface area contributed by atoms with Crippen molar-refractivity contribution in [2.45, 2.75) is 6.92 Å². The molecule has 2 aromatic rings. The van der Waals surface area contributed by atoms with E-state index in [0.29, 0.717) is 10.4 Å². The number of amides is 2. The Labute approximate surface area is 127 Å². The van der Waals surface area contributed by atoms with Gasteiger partial charge in [-0.3, -0.25) is 9.59 Å². The van der Waals surface area contributed by atoms with Gasteiger partial charge in [0.15, 0.2) is 0 Å². The summed E-state index contributed by atoms with van der Waals surface area (Å²) in [6, 6.07) is 4.62. The summed E-state index contributed by atoms with van der Waals surface area (Å²) in [6.07, 6.45) is 0. The Morgan fingerprint density at radius 3 is 2.24 bits per heavy atom. The minimum absolute atomic E-state index is 0.219. The monoisotopic (exact) mass is 330 g/mol. The number of hydrogen-bond acceptors (Lipinski definition) is 3. The third-order valence-electron chi connectivity index (χ3n) is 2.41. The summed E-state index contributed by atoms with van der Waals surface area (Å²) in [6.45, 7) is 1.19. The fourth-order valence-electron chi connectivity index (χ4n) is 1.55. The van der Waals surface area contributed by atoms with Crippen molar-refractivity contribution in [1.82, 2.24) is 0 Å². The molecule has 0 aliphatic rings. The molecule has 0 radical (unpaired) electrons. The van der Waals surface area contributed by atoms with Crippen molar-refractivity contribution in [3.8, 4) is 0 Å². The first-order valence-corrected chi connectivity index (χ1v) is 6.89. The van der Waals surface area contributed by atoms with Crippen molar-refractivity contribution < 1.29 is 18.4 Å². The van der Waals surface area contributed by atoms with Crippen LogP contribution in [0.4, 0.5) is 20.2 Å². The second-order valence-corrected chi connectivity index (χ2v) is 5.77. The summed E-state index contributed by atoms with van der Waals surface area (Å²) < 4.78 is 27.5. The van der Waals surface area contributed by atoms with Gasteiger partial charge in [0.2, 0.25) is 5.91 Å². The number of halogens is 3. The van der Waals surface area contributed by atoms with E-state index in [4.69, 9.17) is 11.6 Å². The van der Waals surface area contributed by atoms with E-state index in [2.05, 4.69) is 10.6 Å². The summed E-state index contributed by atoms with van der Waals surface area (Å²) in [7, 11) is 0. The summed E-state index contributed by atoms with van der Waals surface area (Å²) >= 11 is 6.74. The molecule has 2 N–H and O–H groups in total. The zero-order valence-electron chi connectivity index (χ0n) is 10.7. The fourth-order valence-corrected chi connectivity index (χ4v) is 2.49. The third kappa shape index (κ3) is 3.77. The van der Waals surface area contributed by atoms with Crippen LogP contribution in [0.25, 0.3) is 0 Å². The molecular weight excluding hydrogens is 322 g/mol. The molecule has 0 aliphatic carbocycles. The van der Waals surface area contributed by atoms with Gasteiger partial charge >= 0.3 is 0 Å². The van der Waals surface area contributed by atoms with Gasteiger partial charge in [0.1, 0.15) is 11.6 Å². The molecule has 0 saturated carbocycles. The molecule has 0 unspecified atom stereocenters. The van der Waals surface area contributed by atoms with Gasteiger partial charge in [-0.25, -0.2) is 8.78 Å². The Balaban J connectivity index is 2.27. The number of thiophene rings is 1. The van der Waals surface area contributed by atoms with Gasteiger partial charge in [0.25, 0.3) is 5.91 Å². The van der Waals surface area contributed by atoms with Crippen LogP contribution in [0.3, 0.4) is 0 Å². The van der Waals surface area contributed by atoms with Crippen LogP contribution in [0.5, 0.6) is 0 Å². The van der Waals surface area contributed by atoms with Crippen molar-refractivity contribution in [3.63, 3.8) is 0 Å². The molecule has 2 amide bonds. The molecule has 1 heterocycles. The second kappa shape index (κ2) is 6.19. The van der Waals surface area contributed by atoms with Crippen molar-refractivity contribution >= 4 is 46.1 Å². The lowest BCUT2D eigenvalue weighted by atomic mass is 10.2. The van der Waals surface area contributed by atoms with Crippen LogP contribution in [0.2, 0.25) is 4.34 Å². The average Bonchev–Trinajstić information content (AvgIpc) is 2.81. The lowest BCUT2D eigenvalue weighted by Gasteiger charge is -2.09. The molecule has 0 atom stereocenters. The smallest absolute Gasteiger partial charge is 0.265 e. The van der Waals surface area contributed by atoms with Crippen molar-refractivity contribution in [1.29, 1.82) is 0 Å². The van der Waals surface area contributed by atoms with Gasteiger partial charge in [0, 0.05) is 13.0 Å². The Morgan fingerprint density at radius 1 is 1.10 bits per heavy atom. The average molecular weight is 331 g/mol. The minimum Gasteiger partial charge on any atom is -0.324 e. The highest BCUT2D eigenvalue weighted by molar-refractivity contribution is 7.18. The highest BCUT2D eigenvalue weighted by atomic mass is 35.5. The Kier molecular flexibility index (Phi) is 4.54. The van der Waals surface area contributed by atoms with Crippen molar-refractivity contribution in [2.24, 2.45) is 0 Å². The Bertz CT molecular complexity index is 718. The van der Waals surface area contributed by atoms with E-state index in [-0.39, 0.29) is 16.3 Å². The van der Waals surface area contributed by atoms with Crippen LogP contribution in [0.15, 0.2) is 24.3 Å². The standard InChI is InChI=1S/C13H9ClF2N2O2S/c1-6(19)17-9-5-10(8(16)4-7(9)15)18-13(20)11-2-3-12(14)21-11/h2-5H,1H3,(H,17,19)(H,18,20). The van der Waals surface area contributed by atoms with E-state index in [0.717, 1.165) is 17.4 Å². The van der Waals surface area contributed by atoms with E-state index in [1.165, 1.54) is 19.1 Å². The summed E-state index contributed by atoms with van der Waals surface area (Å²) in [5.41, 5.74) is -0.460. The largest absolute Gasteiger partial charge is 0.324 e. The maximum absolute atomic E-state index is 13.7. The molecular formula is C13H9ClF2N2O2S. The van der Waals surface area contributed by atoms with Gasteiger partial charge in [-0.15, -0.1) is 11.3 Å². The van der Waals surface area contributed by atoms with Crippen LogP contribution in [0, 0.1) is 11.6 Å². The highest BCUT2D eigenvalue weighted by Gasteiger charge is 2.15.